The number of carbonyl (C=O) groups is 1. The summed E-state index contributed by atoms with van der Waals surface area (Å²) in [7, 11) is -2.99. The molecule has 1 aliphatic rings. The van der Waals surface area contributed by atoms with Gasteiger partial charge in [-0.05, 0) is 37.0 Å². The minimum atomic E-state index is -2.99. The van der Waals surface area contributed by atoms with Gasteiger partial charge in [0.15, 0.2) is 9.84 Å². The van der Waals surface area contributed by atoms with Crippen LogP contribution in [0.5, 0.6) is 0 Å². The lowest BCUT2D eigenvalue weighted by atomic mass is 10.0. The van der Waals surface area contributed by atoms with Gasteiger partial charge < -0.3 is 10.2 Å². The Hall–Kier alpha value is -1.56. The Bertz CT molecular complexity index is 623. The standard InChI is InChI=1S/C16H24N2O3S/c1-4-18(15-9-10-22(20,21)11-15)16(19)17-14-7-5-13(6-8-14)12(2)3/h5-8,12,15H,4,9-11H2,1-3H3,(H,17,19). The minimum absolute atomic E-state index is 0.0700. The maximum absolute atomic E-state index is 12.4. The number of rotatable bonds is 4. The second-order valence-corrected chi connectivity index (χ2v) is 8.28. The predicted octanol–water partition coefficient (Wildman–Crippen LogP) is 2.85. The van der Waals surface area contributed by atoms with Crippen molar-refractivity contribution >= 4 is 21.6 Å². The highest BCUT2D eigenvalue weighted by Crippen LogP contribution is 2.20. The number of amides is 2. The van der Waals surface area contributed by atoms with E-state index in [4.69, 9.17) is 0 Å². The van der Waals surface area contributed by atoms with E-state index in [2.05, 4.69) is 19.2 Å². The molecule has 122 valence electrons. The van der Waals surface area contributed by atoms with Crippen LogP contribution < -0.4 is 5.32 Å². The average Bonchev–Trinajstić information content (AvgIpc) is 2.80. The molecule has 1 aromatic carbocycles. The van der Waals surface area contributed by atoms with Crippen molar-refractivity contribution in [2.24, 2.45) is 0 Å². The number of benzene rings is 1. The summed E-state index contributed by atoms with van der Waals surface area (Å²) in [5.41, 5.74) is 1.95. The van der Waals surface area contributed by atoms with E-state index in [1.165, 1.54) is 5.56 Å². The van der Waals surface area contributed by atoms with Crippen LogP contribution >= 0.6 is 0 Å². The number of carbonyl (C=O) groups excluding carboxylic acids is 1. The molecule has 1 aromatic rings. The van der Waals surface area contributed by atoms with Gasteiger partial charge in [0.25, 0.3) is 0 Å². The second-order valence-electron chi connectivity index (χ2n) is 6.05. The first-order valence-electron chi connectivity index (χ1n) is 7.70. The van der Waals surface area contributed by atoms with Gasteiger partial charge >= 0.3 is 6.03 Å². The van der Waals surface area contributed by atoms with Crippen LogP contribution in [0.3, 0.4) is 0 Å². The molecule has 1 aliphatic heterocycles. The van der Waals surface area contributed by atoms with Crippen LogP contribution in [-0.2, 0) is 9.84 Å². The lowest BCUT2D eigenvalue weighted by molar-refractivity contribution is 0.197. The lowest BCUT2D eigenvalue weighted by Crippen LogP contribution is -2.43. The summed E-state index contributed by atoms with van der Waals surface area (Å²) in [4.78, 5) is 14.0. The van der Waals surface area contributed by atoms with Gasteiger partial charge in [-0.1, -0.05) is 26.0 Å². The highest BCUT2D eigenvalue weighted by Gasteiger charge is 2.33. The van der Waals surface area contributed by atoms with Crippen molar-refractivity contribution < 1.29 is 13.2 Å². The van der Waals surface area contributed by atoms with Gasteiger partial charge in [0.05, 0.1) is 11.5 Å². The molecule has 1 heterocycles. The molecule has 2 amide bonds. The van der Waals surface area contributed by atoms with Gasteiger partial charge in [0, 0.05) is 18.3 Å². The molecule has 0 saturated carbocycles. The van der Waals surface area contributed by atoms with Crippen LogP contribution in [0.15, 0.2) is 24.3 Å². The van der Waals surface area contributed by atoms with Gasteiger partial charge in [-0.3, -0.25) is 0 Å². The molecular weight excluding hydrogens is 300 g/mol. The van der Waals surface area contributed by atoms with E-state index in [9.17, 15) is 13.2 Å². The molecule has 0 aromatic heterocycles. The summed E-state index contributed by atoms with van der Waals surface area (Å²) >= 11 is 0. The number of urea groups is 1. The zero-order valence-electron chi connectivity index (χ0n) is 13.4. The molecule has 0 spiro atoms. The predicted molar refractivity (Wildman–Crippen MR) is 89.0 cm³/mol. The fourth-order valence-corrected chi connectivity index (χ4v) is 4.47. The van der Waals surface area contributed by atoms with Crippen molar-refractivity contribution in [3.8, 4) is 0 Å². The zero-order chi connectivity index (χ0) is 16.3. The molecule has 22 heavy (non-hydrogen) atoms. The zero-order valence-corrected chi connectivity index (χ0v) is 14.2. The number of nitrogens with one attached hydrogen (secondary N) is 1. The summed E-state index contributed by atoms with van der Waals surface area (Å²) < 4.78 is 23.2. The Labute approximate surface area is 132 Å². The van der Waals surface area contributed by atoms with Crippen LogP contribution in [-0.4, -0.2) is 43.4 Å². The summed E-state index contributed by atoms with van der Waals surface area (Å²) in [6.07, 6.45) is 0.524. The largest absolute Gasteiger partial charge is 0.322 e. The summed E-state index contributed by atoms with van der Waals surface area (Å²) in [6.45, 7) is 6.60. The highest BCUT2D eigenvalue weighted by molar-refractivity contribution is 7.91. The van der Waals surface area contributed by atoms with Crippen molar-refractivity contribution in [2.75, 3.05) is 23.4 Å². The monoisotopic (exact) mass is 324 g/mol. The summed E-state index contributed by atoms with van der Waals surface area (Å²) in [6, 6.07) is 7.30. The first-order chi connectivity index (χ1) is 10.3. The quantitative estimate of drug-likeness (QED) is 0.926. The second kappa shape index (κ2) is 6.69. The van der Waals surface area contributed by atoms with E-state index in [0.29, 0.717) is 18.9 Å². The number of nitrogens with zero attached hydrogens (tertiary/aromatic N) is 1. The van der Waals surface area contributed by atoms with Crippen molar-refractivity contribution in [2.45, 2.75) is 39.2 Å². The Morgan fingerprint density at radius 3 is 2.41 bits per heavy atom. The molecule has 1 fully saturated rings. The van der Waals surface area contributed by atoms with Crippen molar-refractivity contribution in [1.29, 1.82) is 0 Å². The Morgan fingerprint density at radius 1 is 1.32 bits per heavy atom. The summed E-state index contributed by atoms with van der Waals surface area (Å²) in [5, 5.41) is 2.86. The molecule has 0 aliphatic carbocycles. The number of sulfone groups is 1. The smallest absolute Gasteiger partial charge is 0.321 e. The van der Waals surface area contributed by atoms with Crippen LogP contribution in [0.25, 0.3) is 0 Å². The van der Waals surface area contributed by atoms with Crippen LogP contribution in [0.2, 0.25) is 0 Å². The van der Waals surface area contributed by atoms with Crippen LogP contribution in [0, 0.1) is 0 Å². The molecule has 5 nitrogen and oxygen atoms in total. The molecule has 6 heteroatoms. The van der Waals surface area contributed by atoms with E-state index < -0.39 is 9.84 Å². The first kappa shape index (κ1) is 16.8. The number of hydrogen-bond acceptors (Lipinski definition) is 3. The van der Waals surface area contributed by atoms with Crippen LogP contribution in [0.1, 0.15) is 38.7 Å². The highest BCUT2D eigenvalue weighted by atomic mass is 32.2. The number of hydrogen-bond donors (Lipinski definition) is 1. The number of anilines is 1. The van der Waals surface area contributed by atoms with Crippen molar-refractivity contribution in [3.05, 3.63) is 29.8 Å². The normalized spacial score (nSPS) is 20.1. The maximum atomic E-state index is 12.4. The molecule has 2 rings (SSSR count). The molecule has 1 unspecified atom stereocenters. The van der Waals surface area contributed by atoms with Gasteiger partial charge in [-0.2, -0.15) is 0 Å². The van der Waals surface area contributed by atoms with Gasteiger partial charge in [0.2, 0.25) is 0 Å². The van der Waals surface area contributed by atoms with E-state index in [-0.39, 0.29) is 23.6 Å². The fraction of sp³-hybridized carbons (Fsp3) is 0.562. The van der Waals surface area contributed by atoms with E-state index in [0.717, 1.165) is 5.69 Å². The molecular formula is C16H24N2O3S. The van der Waals surface area contributed by atoms with E-state index in [1.54, 1.807) is 4.90 Å². The Kier molecular flexibility index (Phi) is 5.11. The topological polar surface area (TPSA) is 66.5 Å². The fourth-order valence-electron chi connectivity index (χ4n) is 2.74. The molecule has 0 bridgehead atoms. The van der Waals surface area contributed by atoms with Crippen LogP contribution in [0.4, 0.5) is 10.5 Å². The SMILES string of the molecule is CCN(C(=O)Nc1ccc(C(C)C)cc1)C1CCS(=O)(=O)C1. The summed E-state index contributed by atoms with van der Waals surface area (Å²) in [5.74, 6) is 0.686. The van der Waals surface area contributed by atoms with E-state index in [1.807, 2.05) is 31.2 Å². The molecule has 0 radical (unpaired) electrons. The minimum Gasteiger partial charge on any atom is -0.321 e. The maximum Gasteiger partial charge on any atom is 0.322 e. The third-order valence-electron chi connectivity index (χ3n) is 4.08. The average molecular weight is 324 g/mol. The molecule has 1 N–H and O–H groups in total. The lowest BCUT2D eigenvalue weighted by Gasteiger charge is -2.27. The van der Waals surface area contributed by atoms with Gasteiger partial charge in [-0.15, -0.1) is 0 Å². The van der Waals surface area contributed by atoms with Gasteiger partial charge in [-0.25, -0.2) is 13.2 Å². The third-order valence-corrected chi connectivity index (χ3v) is 5.83. The molecule has 1 atom stereocenters. The van der Waals surface area contributed by atoms with E-state index >= 15 is 0 Å². The third kappa shape index (κ3) is 4.00. The Balaban J connectivity index is 2.03. The van der Waals surface area contributed by atoms with Crippen molar-refractivity contribution in [1.82, 2.24) is 4.90 Å². The van der Waals surface area contributed by atoms with Crippen molar-refractivity contribution in [3.63, 3.8) is 0 Å². The first-order valence-corrected chi connectivity index (χ1v) is 9.52. The Morgan fingerprint density at radius 2 is 1.95 bits per heavy atom. The van der Waals surface area contributed by atoms with Gasteiger partial charge in [0.1, 0.15) is 0 Å². The molecule has 1 saturated heterocycles.